The standard InChI is InChI=1S/C9H13N5O4/c1-2-3-13-8(10-11-12-13)5-18-9(15)6-4-7(6)14(16)17/h6-7H,2-5H2,1H3. The van der Waals surface area contributed by atoms with Crippen LogP contribution in [0, 0.1) is 16.0 Å². The number of carbonyl (C=O) groups excluding carboxylic acids is 1. The summed E-state index contributed by atoms with van der Waals surface area (Å²) >= 11 is 0. The summed E-state index contributed by atoms with van der Waals surface area (Å²) in [6.07, 6.45) is 1.11. The molecule has 0 spiro atoms. The van der Waals surface area contributed by atoms with Crippen LogP contribution in [0.25, 0.3) is 0 Å². The number of ether oxygens (including phenoxy) is 1. The Kier molecular flexibility index (Phi) is 3.49. The number of carbonyl (C=O) groups is 1. The van der Waals surface area contributed by atoms with E-state index in [1.165, 1.54) is 0 Å². The fourth-order valence-electron chi connectivity index (χ4n) is 1.62. The van der Waals surface area contributed by atoms with Crippen molar-refractivity contribution in [3.63, 3.8) is 0 Å². The first-order chi connectivity index (χ1) is 8.63. The summed E-state index contributed by atoms with van der Waals surface area (Å²) in [4.78, 5) is 21.4. The van der Waals surface area contributed by atoms with Gasteiger partial charge in [-0.15, -0.1) is 5.10 Å². The Hall–Kier alpha value is -2.06. The maximum Gasteiger partial charge on any atom is 0.316 e. The van der Waals surface area contributed by atoms with E-state index in [1.54, 1.807) is 4.68 Å². The molecule has 1 saturated carbocycles. The predicted octanol–water partition coefficient (Wildman–Crippen LogP) is -0.209. The van der Waals surface area contributed by atoms with Crippen LogP contribution in [-0.4, -0.2) is 37.1 Å². The van der Waals surface area contributed by atoms with E-state index < -0.39 is 22.9 Å². The fraction of sp³-hybridized carbons (Fsp3) is 0.778. The Balaban J connectivity index is 1.83. The van der Waals surface area contributed by atoms with Crippen molar-refractivity contribution in [1.82, 2.24) is 20.2 Å². The highest BCUT2D eigenvalue weighted by atomic mass is 16.6. The summed E-state index contributed by atoms with van der Waals surface area (Å²) in [5.41, 5.74) is 0. The van der Waals surface area contributed by atoms with Gasteiger partial charge in [0.05, 0.1) is 0 Å². The van der Waals surface area contributed by atoms with Gasteiger partial charge in [-0.1, -0.05) is 6.92 Å². The van der Waals surface area contributed by atoms with Gasteiger partial charge in [-0.2, -0.15) is 0 Å². The lowest BCUT2D eigenvalue weighted by Crippen LogP contribution is -2.15. The smallest absolute Gasteiger partial charge is 0.316 e. The zero-order valence-electron chi connectivity index (χ0n) is 9.85. The molecule has 0 bridgehead atoms. The van der Waals surface area contributed by atoms with Crippen LogP contribution in [0.4, 0.5) is 0 Å². The normalized spacial score (nSPS) is 21.6. The molecule has 1 heterocycles. The van der Waals surface area contributed by atoms with Crippen LogP contribution in [0.15, 0.2) is 0 Å². The second-order valence-corrected chi connectivity index (χ2v) is 4.12. The van der Waals surface area contributed by atoms with E-state index >= 15 is 0 Å². The maximum absolute atomic E-state index is 11.5. The van der Waals surface area contributed by atoms with Crippen molar-refractivity contribution in [3.05, 3.63) is 15.9 Å². The van der Waals surface area contributed by atoms with Crippen molar-refractivity contribution < 1.29 is 14.5 Å². The SMILES string of the molecule is CCCn1nnnc1COC(=O)C1CC1[N+](=O)[O-]. The molecule has 18 heavy (non-hydrogen) atoms. The van der Waals surface area contributed by atoms with Crippen molar-refractivity contribution in [3.8, 4) is 0 Å². The van der Waals surface area contributed by atoms with Crippen LogP contribution in [0.1, 0.15) is 25.6 Å². The van der Waals surface area contributed by atoms with E-state index in [0.717, 1.165) is 6.42 Å². The third kappa shape index (κ3) is 2.60. The first-order valence-electron chi connectivity index (χ1n) is 5.68. The number of tetrazole rings is 1. The lowest BCUT2D eigenvalue weighted by molar-refractivity contribution is -0.497. The van der Waals surface area contributed by atoms with E-state index in [-0.39, 0.29) is 13.0 Å². The number of nitrogens with zero attached hydrogens (tertiary/aromatic N) is 5. The van der Waals surface area contributed by atoms with Crippen LogP contribution in [0.5, 0.6) is 0 Å². The molecule has 1 aromatic rings. The summed E-state index contributed by atoms with van der Waals surface area (Å²) in [6, 6.07) is -0.788. The third-order valence-electron chi connectivity index (χ3n) is 2.72. The molecule has 2 atom stereocenters. The van der Waals surface area contributed by atoms with Gasteiger partial charge in [0.1, 0.15) is 5.92 Å². The predicted molar refractivity (Wildman–Crippen MR) is 56.8 cm³/mol. The first kappa shape index (κ1) is 12.4. The Morgan fingerprint density at radius 3 is 3.06 bits per heavy atom. The molecule has 0 N–H and O–H groups in total. The Labute approximate surface area is 102 Å². The lowest BCUT2D eigenvalue weighted by Gasteiger charge is -2.03. The summed E-state index contributed by atoms with van der Waals surface area (Å²) < 4.78 is 6.52. The molecule has 1 aliphatic carbocycles. The average Bonchev–Trinajstić information content (AvgIpc) is 3.03. The van der Waals surface area contributed by atoms with Crippen LogP contribution >= 0.6 is 0 Å². The summed E-state index contributed by atoms with van der Waals surface area (Å²) in [6.45, 7) is 2.57. The van der Waals surface area contributed by atoms with Crippen molar-refractivity contribution >= 4 is 5.97 Å². The quantitative estimate of drug-likeness (QED) is 0.392. The van der Waals surface area contributed by atoms with Crippen molar-refractivity contribution in [1.29, 1.82) is 0 Å². The molecule has 9 nitrogen and oxygen atoms in total. The molecular formula is C9H13N5O4. The zero-order chi connectivity index (χ0) is 13.1. The Bertz CT molecular complexity index is 460. The molecule has 0 radical (unpaired) electrons. The van der Waals surface area contributed by atoms with Crippen molar-refractivity contribution in [2.24, 2.45) is 5.92 Å². The minimum absolute atomic E-state index is 0.0488. The van der Waals surface area contributed by atoms with Gasteiger partial charge in [-0.3, -0.25) is 14.9 Å². The summed E-state index contributed by atoms with van der Waals surface area (Å²) in [7, 11) is 0. The molecule has 2 rings (SSSR count). The molecule has 98 valence electrons. The topological polar surface area (TPSA) is 113 Å². The monoisotopic (exact) mass is 255 g/mol. The third-order valence-corrected chi connectivity index (χ3v) is 2.72. The molecule has 0 amide bonds. The first-order valence-corrected chi connectivity index (χ1v) is 5.68. The molecule has 1 fully saturated rings. The number of hydrogen-bond donors (Lipinski definition) is 0. The minimum Gasteiger partial charge on any atom is -0.457 e. The molecule has 0 saturated heterocycles. The van der Waals surface area contributed by atoms with Gasteiger partial charge in [0.25, 0.3) is 0 Å². The maximum atomic E-state index is 11.5. The second-order valence-electron chi connectivity index (χ2n) is 4.12. The zero-order valence-corrected chi connectivity index (χ0v) is 9.85. The summed E-state index contributed by atoms with van der Waals surface area (Å²) in [5.74, 6) is -0.721. The van der Waals surface area contributed by atoms with Gasteiger partial charge in [0.2, 0.25) is 6.04 Å². The van der Waals surface area contributed by atoms with E-state index in [4.69, 9.17) is 4.74 Å². The number of aromatic nitrogens is 4. The van der Waals surface area contributed by atoms with E-state index in [9.17, 15) is 14.9 Å². The van der Waals surface area contributed by atoms with Crippen LogP contribution < -0.4 is 0 Å². The number of hydrogen-bond acceptors (Lipinski definition) is 7. The lowest BCUT2D eigenvalue weighted by atomic mass is 10.4. The van der Waals surface area contributed by atoms with Gasteiger partial charge in [-0.05, 0) is 16.8 Å². The van der Waals surface area contributed by atoms with Gasteiger partial charge in [-0.25, -0.2) is 4.68 Å². The number of aryl methyl sites for hydroxylation is 1. The van der Waals surface area contributed by atoms with Crippen LogP contribution in [0.3, 0.4) is 0 Å². The number of nitro groups is 1. The van der Waals surface area contributed by atoms with Gasteiger partial charge in [0, 0.05) is 17.9 Å². The van der Waals surface area contributed by atoms with Gasteiger partial charge in [0.15, 0.2) is 12.4 Å². The van der Waals surface area contributed by atoms with Crippen molar-refractivity contribution in [2.75, 3.05) is 0 Å². The Morgan fingerprint density at radius 1 is 1.67 bits per heavy atom. The summed E-state index contributed by atoms with van der Waals surface area (Å²) in [5, 5.41) is 21.4. The molecule has 0 aliphatic heterocycles. The van der Waals surface area contributed by atoms with E-state index in [2.05, 4.69) is 15.5 Å². The van der Waals surface area contributed by atoms with Crippen LogP contribution in [-0.2, 0) is 22.7 Å². The molecule has 1 aliphatic rings. The largest absolute Gasteiger partial charge is 0.457 e. The highest BCUT2D eigenvalue weighted by Gasteiger charge is 2.54. The molecule has 1 aromatic heterocycles. The van der Waals surface area contributed by atoms with Crippen molar-refractivity contribution in [2.45, 2.75) is 39.0 Å². The average molecular weight is 255 g/mol. The van der Waals surface area contributed by atoms with E-state index in [0.29, 0.717) is 12.4 Å². The highest BCUT2D eigenvalue weighted by Crippen LogP contribution is 2.34. The van der Waals surface area contributed by atoms with E-state index in [1.807, 2.05) is 6.92 Å². The second kappa shape index (κ2) is 5.07. The highest BCUT2D eigenvalue weighted by molar-refractivity contribution is 5.76. The fourth-order valence-corrected chi connectivity index (χ4v) is 1.62. The molecule has 9 heteroatoms. The molecule has 0 aromatic carbocycles. The molecular weight excluding hydrogens is 242 g/mol. The van der Waals surface area contributed by atoms with Gasteiger partial charge < -0.3 is 4.74 Å². The molecule has 2 unspecified atom stereocenters. The Morgan fingerprint density at radius 2 is 2.44 bits per heavy atom. The number of esters is 1. The number of rotatable bonds is 6. The minimum atomic E-state index is -0.788. The van der Waals surface area contributed by atoms with Gasteiger partial charge >= 0.3 is 5.97 Å². The van der Waals surface area contributed by atoms with Crippen LogP contribution in [0.2, 0.25) is 0 Å².